The number of nitrogens with two attached hydrogens (primary N) is 1. The van der Waals surface area contributed by atoms with E-state index in [1.54, 1.807) is 11.3 Å². The summed E-state index contributed by atoms with van der Waals surface area (Å²) in [6.45, 7) is 4.19. The quantitative estimate of drug-likeness (QED) is 0.778. The van der Waals surface area contributed by atoms with Crippen molar-refractivity contribution in [3.05, 3.63) is 16.1 Å². The molecule has 2 N–H and O–H groups in total. The Morgan fingerprint density at radius 3 is 2.92 bits per heavy atom. The van der Waals surface area contributed by atoms with E-state index in [4.69, 9.17) is 5.73 Å². The van der Waals surface area contributed by atoms with Crippen LogP contribution in [0.3, 0.4) is 0 Å². The molecule has 1 unspecified atom stereocenters. The molecule has 0 aliphatic heterocycles. The van der Waals surface area contributed by atoms with E-state index in [0.717, 1.165) is 19.3 Å². The molecule has 0 saturated carbocycles. The van der Waals surface area contributed by atoms with Crippen molar-refractivity contribution in [1.29, 1.82) is 0 Å². The van der Waals surface area contributed by atoms with Gasteiger partial charge in [0.2, 0.25) is 0 Å². The van der Waals surface area contributed by atoms with E-state index in [9.17, 15) is 0 Å². The molecule has 12 heavy (non-hydrogen) atoms. The predicted octanol–water partition coefficient (Wildman–Crippen LogP) is 2.12. The predicted molar refractivity (Wildman–Crippen MR) is 53.4 cm³/mol. The molecule has 0 aliphatic rings. The van der Waals surface area contributed by atoms with Gasteiger partial charge in [-0.2, -0.15) is 0 Å². The summed E-state index contributed by atoms with van der Waals surface area (Å²) in [6.07, 6.45) is 3.24. The topological polar surface area (TPSA) is 38.9 Å². The first-order chi connectivity index (χ1) is 5.74. The van der Waals surface area contributed by atoms with Crippen molar-refractivity contribution >= 4 is 11.3 Å². The molecule has 0 aliphatic carbocycles. The molecule has 1 heterocycles. The van der Waals surface area contributed by atoms with Gasteiger partial charge in [-0.15, -0.1) is 11.3 Å². The van der Waals surface area contributed by atoms with Crippen LogP contribution in [0.5, 0.6) is 0 Å². The molecule has 0 aromatic carbocycles. The van der Waals surface area contributed by atoms with E-state index < -0.39 is 0 Å². The van der Waals surface area contributed by atoms with E-state index in [-0.39, 0.29) is 0 Å². The number of nitrogens with zero attached hydrogens (tertiary/aromatic N) is 1. The van der Waals surface area contributed by atoms with E-state index in [0.29, 0.717) is 6.04 Å². The molecule has 3 heteroatoms. The highest BCUT2D eigenvalue weighted by Gasteiger charge is 2.04. The van der Waals surface area contributed by atoms with Crippen molar-refractivity contribution in [2.45, 2.75) is 39.2 Å². The van der Waals surface area contributed by atoms with Crippen LogP contribution in [0.4, 0.5) is 0 Å². The molecular weight excluding hydrogens is 168 g/mol. The van der Waals surface area contributed by atoms with Gasteiger partial charge in [0.15, 0.2) is 0 Å². The van der Waals surface area contributed by atoms with E-state index in [1.807, 2.05) is 5.51 Å². The van der Waals surface area contributed by atoms with E-state index >= 15 is 0 Å². The Morgan fingerprint density at radius 1 is 1.67 bits per heavy atom. The Morgan fingerprint density at radius 2 is 2.42 bits per heavy atom. The highest BCUT2D eigenvalue weighted by Crippen LogP contribution is 2.15. The average molecular weight is 184 g/mol. The fraction of sp³-hybridized carbons (Fsp3) is 0.667. The Labute approximate surface area is 77.8 Å². The fourth-order valence-corrected chi connectivity index (χ4v) is 1.88. The van der Waals surface area contributed by atoms with Crippen LogP contribution in [0.25, 0.3) is 0 Å². The minimum Gasteiger partial charge on any atom is -0.328 e. The van der Waals surface area contributed by atoms with E-state index in [1.165, 1.54) is 10.6 Å². The minimum absolute atomic E-state index is 0.353. The summed E-state index contributed by atoms with van der Waals surface area (Å²) in [4.78, 5) is 5.59. The Balaban J connectivity index is 2.38. The average Bonchev–Trinajstić information content (AvgIpc) is 2.47. The van der Waals surface area contributed by atoms with Gasteiger partial charge in [0, 0.05) is 10.9 Å². The van der Waals surface area contributed by atoms with Gasteiger partial charge in [-0.3, -0.25) is 0 Å². The van der Waals surface area contributed by atoms with Gasteiger partial charge in [0.1, 0.15) is 0 Å². The van der Waals surface area contributed by atoms with Crippen LogP contribution in [0, 0.1) is 6.92 Å². The molecule has 68 valence electrons. The van der Waals surface area contributed by atoms with Crippen molar-refractivity contribution in [3.63, 3.8) is 0 Å². The van der Waals surface area contributed by atoms with Gasteiger partial charge in [-0.05, 0) is 26.2 Å². The normalized spacial score (nSPS) is 13.2. The highest BCUT2D eigenvalue weighted by atomic mass is 32.1. The third-order valence-electron chi connectivity index (χ3n) is 2.11. The fourth-order valence-electron chi connectivity index (χ4n) is 1.09. The number of rotatable bonds is 4. The van der Waals surface area contributed by atoms with Crippen LogP contribution >= 0.6 is 11.3 Å². The van der Waals surface area contributed by atoms with E-state index in [2.05, 4.69) is 18.8 Å². The second kappa shape index (κ2) is 4.58. The number of aryl methyl sites for hydroxylation is 2. The van der Waals surface area contributed by atoms with Crippen LogP contribution in [0.15, 0.2) is 5.51 Å². The minimum atomic E-state index is 0.353. The molecule has 1 aromatic heterocycles. The lowest BCUT2D eigenvalue weighted by atomic mass is 10.1. The number of hydrogen-bond donors (Lipinski definition) is 1. The maximum Gasteiger partial charge on any atom is 0.0797 e. The van der Waals surface area contributed by atoms with Crippen molar-refractivity contribution in [2.75, 3.05) is 0 Å². The maximum absolute atomic E-state index is 5.82. The first-order valence-corrected chi connectivity index (χ1v) is 5.26. The third-order valence-corrected chi connectivity index (χ3v) is 3.11. The first-order valence-electron chi connectivity index (χ1n) is 4.38. The zero-order valence-corrected chi connectivity index (χ0v) is 8.53. The Bertz CT molecular complexity index is 232. The molecule has 0 spiro atoms. The number of thiazole rings is 1. The summed E-state index contributed by atoms with van der Waals surface area (Å²) in [7, 11) is 0. The van der Waals surface area contributed by atoms with Crippen LogP contribution < -0.4 is 5.73 Å². The lowest BCUT2D eigenvalue weighted by Crippen LogP contribution is -2.18. The van der Waals surface area contributed by atoms with Gasteiger partial charge >= 0.3 is 0 Å². The van der Waals surface area contributed by atoms with Crippen LogP contribution in [-0.2, 0) is 6.42 Å². The summed E-state index contributed by atoms with van der Waals surface area (Å²) < 4.78 is 0. The molecular formula is C9H16N2S. The molecule has 0 radical (unpaired) electrons. The standard InChI is InChI=1S/C9H16N2S/c1-3-8(10)4-5-9-7(2)11-6-12-9/h6,8H,3-5,10H2,1-2H3. The summed E-state index contributed by atoms with van der Waals surface area (Å²) in [5.41, 5.74) is 8.90. The zero-order valence-electron chi connectivity index (χ0n) is 7.71. The van der Waals surface area contributed by atoms with Gasteiger partial charge in [-0.25, -0.2) is 4.98 Å². The molecule has 2 nitrogen and oxygen atoms in total. The summed E-state index contributed by atoms with van der Waals surface area (Å²) in [5.74, 6) is 0. The van der Waals surface area contributed by atoms with Gasteiger partial charge in [-0.1, -0.05) is 6.92 Å². The highest BCUT2D eigenvalue weighted by molar-refractivity contribution is 7.09. The number of hydrogen-bond acceptors (Lipinski definition) is 3. The molecule has 0 saturated heterocycles. The molecule has 0 amide bonds. The second-order valence-electron chi connectivity index (χ2n) is 3.07. The summed E-state index contributed by atoms with van der Waals surface area (Å²) in [6, 6.07) is 0.353. The summed E-state index contributed by atoms with van der Waals surface area (Å²) >= 11 is 1.74. The van der Waals surface area contributed by atoms with Gasteiger partial charge in [0.25, 0.3) is 0 Å². The molecule has 0 bridgehead atoms. The molecule has 1 atom stereocenters. The van der Waals surface area contributed by atoms with Crippen LogP contribution in [0.1, 0.15) is 30.3 Å². The lowest BCUT2D eigenvalue weighted by molar-refractivity contribution is 0.597. The Kier molecular flexibility index (Phi) is 3.69. The zero-order chi connectivity index (χ0) is 8.97. The van der Waals surface area contributed by atoms with Gasteiger partial charge < -0.3 is 5.73 Å². The van der Waals surface area contributed by atoms with Crippen molar-refractivity contribution in [2.24, 2.45) is 5.73 Å². The van der Waals surface area contributed by atoms with Crippen molar-refractivity contribution < 1.29 is 0 Å². The van der Waals surface area contributed by atoms with Crippen LogP contribution in [0.2, 0.25) is 0 Å². The maximum atomic E-state index is 5.82. The molecule has 1 aromatic rings. The molecule has 0 fully saturated rings. The van der Waals surface area contributed by atoms with Crippen molar-refractivity contribution in [3.8, 4) is 0 Å². The Hall–Kier alpha value is -0.410. The third kappa shape index (κ3) is 2.57. The monoisotopic (exact) mass is 184 g/mol. The van der Waals surface area contributed by atoms with Gasteiger partial charge in [0.05, 0.1) is 11.2 Å². The second-order valence-corrected chi connectivity index (χ2v) is 4.01. The van der Waals surface area contributed by atoms with Crippen molar-refractivity contribution in [1.82, 2.24) is 4.98 Å². The number of aromatic nitrogens is 1. The van der Waals surface area contributed by atoms with Crippen LogP contribution in [-0.4, -0.2) is 11.0 Å². The lowest BCUT2D eigenvalue weighted by Gasteiger charge is -2.06. The smallest absolute Gasteiger partial charge is 0.0797 e. The largest absolute Gasteiger partial charge is 0.328 e. The first kappa shape index (κ1) is 9.68. The SMILES string of the molecule is CCC(N)CCc1scnc1C. The summed E-state index contributed by atoms with van der Waals surface area (Å²) in [5, 5.41) is 0. The molecule has 1 rings (SSSR count).